The molecule has 0 bridgehead atoms. The molecule has 1 amide bonds. The number of hydrogen-bond acceptors (Lipinski definition) is 5. The van der Waals surface area contributed by atoms with Crippen LogP contribution in [0.1, 0.15) is 25.1 Å². The minimum absolute atomic E-state index is 0.0760. The van der Waals surface area contributed by atoms with Crippen LogP contribution in [0.15, 0.2) is 42.5 Å². The van der Waals surface area contributed by atoms with E-state index in [-0.39, 0.29) is 12.3 Å². The smallest absolute Gasteiger partial charge is 0.262 e. The fourth-order valence-corrected chi connectivity index (χ4v) is 3.53. The number of methoxy groups -OCH3 is 1. The van der Waals surface area contributed by atoms with Crippen LogP contribution >= 0.6 is 0 Å². The van der Waals surface area contributed by atoms with Crippen molar-refractivity contribution in [2.75, 3.05) is 19.0 Å². The van der Waals surface area contributed by atoms with Crippen molar-refractivity contribution in [3.05, 3.63) is 54.1 Å². The van der Waals surface area contributed by atoms with Gasteiger partial charge in [0, 0.05) is 18.5 Å². The standard InChI is InChI=1S/C22H23FN4O3/c1-29-18-7-4-5-8-19(18)30-14-21(28)24-17-13-15(10-11-16(17)23)22-26-25-20-9-3-2-6-12-27(20)22/h4-5,7-8,10-11,13H,2-3,6,9,12,14H2,1H3,(H,24,28). The Morgan fingerprint density at radius 1 is 1.13 bits per heavy atom. The molecule has 1 aromatic heterocycles. The van der Waals surface area contributed by atoms with Gasteiger partial charge in [0.15, 0.2) is 23.9 Å². The second kappa shape index (κ2) is 8.94. The fourth-order valence-electron chi connectivity index (χ4n) is 3.53. The highest BCUT2D eigenvalue weighted by Crippen LogP contribution is 2.27. The molecule has 1 aliphatic rings. The molecule has 7 nitrogen and oxygen atoms in total. The molecular weight excluding hydrogens is 387 g/mol. The van der Waals surface area contributed by atoms with Gasteiger partial charge in [-0.3, -0.25) is 4.79 Å². The Balaban J connectivity index is 1.49. The molecule has 0 saturated heterocycles. The van der Waals surface area contributed by atoms with Gasteiger partial charge < -0.3 is 19.4 Å². The second-order valence-corrected chi connectivity index (χ2v) is 7.08. The fraction of sp³-hybridized carbons (Fsp3) is 0.318. The van der Waals surface area contributed by atoms with Gasteiger partial charge in [0.25, 0.3) is 5.91 Å². The summed E-state index contributed by atoms with van der Waals surface area (Å²) in [7, 11) is 1.52. The molecule has 3 aromatic rings. The van der Waals surface area contributed by atoms with E-state index in [0.29, 0.717) is 22.9 Å². The number of nitrogens with one attached hydrogen (secondary N) is 1. The van der Waals surface area contributed by atoms with Gasteiger partial charge in [0.05, 0.1) is 12.8 Å². The monoisotopic (exact) mass is 410 g/mol. The molecule has 1 aliphatic heterocycles. The molecule has 0 spiro atoms. The van der Waals surface area contributed by atoms with E-state index in [9.17, 15) is 9.18 Å². The van der Waals surface area contributed by atoms with Crippen molar-refractivity contribution in [3.63, 3.8) is 0 Å². The van der Waals surface area contributed by atoms with Crippen LogP contribution in [0, 0.1) is 5.82 Å². The van der Waals surface area contributed by atoms with E-state index in [4.69, 9.17) is 9.47 Å². The maximum Gasteiger partial charge on any atom is 0.262 e. The van der Waals surface area contributed by atoms with Crippen molar-refractivity contribution in [2.24, 2.45) is 0 Å². The summed E-state index contributed by atoms with van der Waals surface area (Å²) in [5.41, 5.74) is 0.782. The molecule has 0 unspecified atom stereocenters. The summed E-state index contributed by atoms with van der Waals surface area (Å²) >= 11 is 0. The molecule has 8 heteroatoms. The number of carbonyl (C=O) groups is 1. The third kappa shape index (κ3) is 4.27. The number of benzene rings is 2. The molecule has 0 radical (unpaired) electrons. The summed E-state index contributed by atoms with van der Waals surface area (Å²) < 4.78 is 27.1. The molecule has 0 saturated carbocycles. The Morgan fingerprint density at radius 2 is 1.97 bits per heavy atom. The van der Waals surface area contributed by atoms with Crippen molar-refractivity contribution in [2.45, 2.75) is 32.2 Å². The van der Waals surface area contributed by atoms with Crippen LogP contribution in [-0.4, -0.2) is 34.4 Å². The lowest BCUT2D eigenvalue weighted by Gasteiger charge is -2.12. The number of ether oxygens (including phenoxy) is 2. The van der Waals surface area contributed by atoms with Crippen molar-refractivity contribution in [1.29, 1.82) is 0 Å². The van der Waals surface area contributed by atoms with Gasteiger partial charge in [-0.2, -0.15) is 0 Å². The molecule has 0 fully saturated rings. The van der Waals surface area contributed by atoms with Gasteiger partial charge in [-0.25, -0.2) is 4.39 Å². The minimum atomic E-state index is -0.528. The number of nitrogens with zero attached hydrogens (tertiary/aromatic N) is 3. The Bertz CT molecular complexity index is 1050. The molecule has 156 valence electrons. The normalized spacial score (nSPS) is 13.3. The van der Waals surface area contributed by atoms with Gasteiger partial charge in [0.2, 0.25) is 0 Å². The summed E-state index contributed by atoms with van der Waals surface area (Å²) in [6.07, 6.45) is 4.19. The zero-order valence-electron chi connectivity index (χ0n) is 16.7. The largest absolute Gasteiger partial charge is 0.493 e. The number of para-hydroxylation sites is 2. The highest BCUT2D eigenvalue weighted by Gasteiger charge is 2.18. The third-order valence-electron chi connectivity index (χ3n) is 5.04. The SMILES string of the molecule is COc1ccccc1OCC(=O)Nc1cc(-c2nnc3n2CCCCC3)ccc1F. The number of anilines is 1. The predicted molar refractivity (Wildman–Crippen MR) is 110 cm³/mol. The third-order valence-corrected chi connectivity index (χ3v) is 5.04. The number of aromatic nitrogens is 3. The van der Waals surface area contributed by atoms with Crippen molar-refractivity contribution >= 4 is 11.6 Å². The Morgan fingerprint density at radius 3 is 2.80 bits per heavy atom. The first-order valence-electron chi connectivity index (χ1n) is 9.93. The van der Waals surface area contributed by atoms with Gasteiger partial charge >= 0.3 is 0 Å². The first kappa shape index (κ1) is 19.9. The number of fused-ring (bicyclic) bond motifs is 1. The maximum atomic E-state index is 14.3. The summed E-state index contributed by atoms with van der Waals surface area (Å²) in [6, 6.07) is 11.6. The van der Waals surface area contributed by atoms with Crippen LogP contribution in [0.4, 0.5) is 10.1 Å². The number of rotatable bonds is 6. The average Bonchev–Trinajstić information content (AvgIpc) is 3.02. The lowest BCUT2D eigenvalue weighted by Crippen LogP contribution is -2.21. The molecule has 0 atom stereocenters. The summed E-state index contributed by atoms with van der Waals surface area (Å²) in [6.45, 7) is 0.563. The first-order chi connectivity index (χ1) is 14.7. The van der Waals surface area contributed by atoms with Crippen LogP contribution in [0.5, 0.6) is 11.5 Å². The van der Waals surface area contributed by atoms with Gasteiger partial charge in [-0.05, 0) is 43.2 Å². The van der Waals surface area contributed by atoms with Crippen molar-refractivity contribution < 1.29 is 18.7 Å². The van der Waals surface area contributed by atoms with E-state index in [0.717, 1.165) is 38.1 Å². The highest BCUT2D eigenvalue weighted by molar-refractivity contribution is 5.92. The summed E-state index contributed by atoms with van der Waals surface area (Å²) in [5, 5.41) is 11.2. The van der Waals surface area contributed by atoms with Crippen LogP contribution in [0.2, 0.25) is 0 Å². The topological polar surface area (TPSA) is 78.3 Å². The Hall–Kier alpha value is -3.42. The number of hydrogen-bond donors (Lipinski definition) is 1. The van der Waals surface area contributed by atoms with E-state index < -0.39 is 11.7 Å². The maximum absolute atomic E-state index is 14.3. The second-order valence-electron chi connectivity index (χ2n) is 7.08. The number of halogens is 1. The van der Waals surface area contributed by atoms with Crippen molar-refractivity contribution in [1.82, 2.24) is 14.8 Å². The van der Waals surface area contributed by atoms with E-state index in [2.05, 4.69) is 20.1 Å². The molecule has 2 heterocycles. The van der Waals surface area contributed by atoms with Gasteiger partial charge in [-0.15, -0.1) is 10.2 Å². The van der Waals surface area contributed by atoms with Crippen LogP contribution < -0.4 is 14.8 Å². The Labute approximate surface area is 173 Å². The zero-order valence-corrected chi connectivity index (χ0v) is 16.7. The van der Waals surface area contributed by atoms with E-state index in [1.54, 1.807) is 36.4 Å². The van der Waals surface area contributed by atoms with Gasteiger partial charge in [-0.1, -0.05) is 18.6 Å². The highest BCUT2D eigenvalue weighted by atomic mass is 19.1. The molecular formula is C22H23FN4O3. The van der Waals surface area contributed by atoms with Crippen LogP contribution in [0.3, 0.4) is 0 Å². The van der Waals surface area contributed by atoms with Gasteiger partial charge in [0.1, 0.15) is 11.6 Å². The lowest BCUT2D eigenvalue weighted by atomic mass is 10.1. The van der Waals surface area contributed by atoms with E-state index in [1.165, 1.54) is 13.2 Å². The summed E-state index contributed by atoms with van der Waals surface area (Å²) in [5.74, 6) is 1.59. The lowest BCUT2D eigenvalue weighted by molar-refractivity contribution is -0.118. The van der Waals surface area contributed by atoms with Crippen LogP contribution in [0.25, 0.3) is 11.4 Å². The number of carbonyl (C=O) groups excluding carboxylic acids is 1. The van der Waals surface area contributed by atoms with Crippen LogP contribution in [-0.2, 0) is 17.8 Å². The number of amides is 1. The summed E-state index contributed by atoms with van der Waals surface area (Å²) in [4.78, 5) is 12.3. The molecule has 0 aliphatic carbocycles. The average molecular weight is 410 g/mol. The predicted octanol–water partition coefficient (Wildman–Crippen LogP) is 3.84. The molecule has 1 N–H and O–H groups in total. The van der Waals surface area contributed by atoms with Crippen molar-refractivity contribution in [3.8, 4) is 22.9 Å². The molecule has 2 aromatic carbocycles. The van der Waals surface area contributed by atoms with E-state index >= 15 is 0 Å². The van der Waals surface area contributed by atoms with E-state index in [1.807, 2.05) is 0 Å². The quantitative estimate of drug-likeness (QED) is 0.668. The Kier molecular flexibility index (Phi) is 5.92. The molecule has 30 heavy (non-hydrogen) atoms. The first-order valence-corrected chi connectivity index (χ1v) is 9.93. The zero-order chi connectivity index (χ0) is 20.9. The number of aryl methyl sites for hydroxylation is 1. The minimum Gasteiger partial charge on any atom is -0.493 e. The molecule has 4 rings (SSSR count).